The van der Waals surface area contributed by atoms with E-state index in [-0.39, 0.29) is 5.88 Å². The van der Waals surface area contributed by atoms with Gasteiger partial charge in [0.15, 0.2) is 0 Å². The van der Waals surface area contributed by atoms with Crippen LogP contribution >= 0.6 is 0 Å². The van der Waals surface area contributed by atoms with Gasteiger partial charge in [-0.25, -0.2) is 0 Å². The van der Waals surface area contributed by atoms with Crippen LogP contribution in [0.1, 0.15) is 23.9 Å². The van der Waals surface area contributed by atoms with Gasteiger partial charge < -0.3 is 9.84 Å². The first-order chi connectivity index (χ1) is 8.61. The number of aromatic nitrogens is 2. The molecule has 0 bridgehead atoms. The average Bonchev–Trinajstić information content (AvgIpc) is 2.68. The fourth-order valence-corrected chi connectivity index (χ4v) is 1.56. The third-order valence-corrected chi connectivity index (χ3v) is 2.72. The van der Waals surface area contributed by atoms with Gasteiger partial charge in [0.05, 0.1) is 10.5 Å². The van der Waals surface area contributed by atoms with Crippen molar-refractivity contribution in [1.82, 2.24) is 9.78 Å². The summed E-state index contributed by atoms with van der Waals surface area (Å²) in [4.78, 5) is 10.1. The van der Waals surface area contributed by atoms with Gasteiger partial charge in [0, 0.05) is 11.1 Å². The lowest BCUT2D eigenvalue weighted by Gasteiger charge is -2.41. The van der Waals surface area contributed by atoms with Gasteiger partial charge >= 0.3 is 11.6 Å². The molecule has 88 valence electrons. The molecular weight excluding hydrogens is 214 g/mol. The van der Waals surface area contributed by atoms with Crippen LogP contribution in [0.4, 0.5) is 5.69 Å². The number of nitrogens with zero attached hydrogens (tertiary/aromatic N) is 3. The van der Waals surface area contributed by atoms with E-state index in [0.717, 1.165) is 6.20 Å². The van der Waals surface area contributed by atoms with Crippen LogP contribution in [0.15, 0.2) is 6.20 Å². The second kappa shape index (κ2) is 3.44. The predicted molar refractivity (Wildman–Crippen MR) is 54.1 cm³/mol. The Balaban J connectivity index is 2.29. The van der Waals surface area contributed by atoms with E-state index in [9.17, 15) is 15.2 Å². The number of hydrogen-bond acceptors (Lipinski definition) is 5. The third kappa shape index (κ3) is 1.73. The molecule has 0 spiro atoms. The summed E-state index contributed by atoms with van der Waals surface area (Å²) in [5, 5.41) is 24.2. The molecule has 7 nitrogen and oxygen atoms in total. The van der Waals surface area contributed by atoms with Crippen LogP contribution in [-0.2, 0) is 6.98 Å². The molecule has 0 radical (unpaired) electrons. The average molecular weight is 230 g/mol. The molecule has 1 fully saturated rings. The van der Waals surface area contributed by atoms with Crippen LogP contribution in [0.2, 0.25) is 0 Å². The molecule has 0 saturated heterocycles. The molecular formula is C9H13N3O4. The Labute approximate surface area is 96.0 Å². The maximum absolute atomic E-state index is 10.8. The fraction of sp³-hybridized carbons (Fsp3) is 0.667. The molecule has 1 aliphatic carbocycles. The van der Waals surface area contributed by atoms with Crippen LogP contribution in [0.5, 0.6) is 5.88 Å². The van der Waals surface area contributed by atoms with Crippen molar-refractivity contribution >= 4 is 5.69 Å². The molecule has 1 saturated carbocycles. The minimum absolute atomic E-state index is 0.383. The summed E-state index contributed by atoms with van der Waals surface area (Å²) < 4.78 is 27.2. The lowest BCUT2D eigenvalue weighted by atomic mass is 9.79. The van der Waals surface area contributed by atoms with E-state index < -0.39 is 29.3 Å². The summed E-state index contributed by atoms with van der Waals surface area (Å²) in [5.74, 6) is -0.383. The first-order valence-electron chi connectivity index (χ1n) is 6.25. The molecule has 1 N–H and O–H groups in total. The Morgan fingerprint density at radius 1 is 1.94 bits per heavy atom. The molecule has 0 aromatic carbocycles. The second-order valence-electron chi connectivity index (χ2n) is 4.02. The van der Waals surface area contributed by atoms with Crippen molar-refractivity contribution in [3.8, 4) is 5.88 Å². The molecule has 1 aliphatic rings. The number of ether oxygens (including phenoxy) is 1. The molecule has 0 unspecified atom stereocenters. The van der Waals surface area contributed by atoms with Crippen molar-refractivity contribution in [2.45, 2.75) is 31.5 Å². The molecule has 1 heterocycles. The van der Waals surface area contributed by atoms with E-state index in [4.69, 9.17) is 8.85 Å². The SMILES string of the molecule is [2H]C([2H])([2H])n1cc([N+](=O)[O-])c(O[C@H]2CC[C@]2(C)O)n1. The maximum Gasteiger partial charge on any atom is 0.350 e. The Morgan fingerprint density at radius 3 is 3.12 bits per heavy atom. The second-order valence-corrected chi connectivity index (χ2v) is 4.02. The normalized spacial score (nSPS) is 32.1. The van der Waals surface area contributed by atoms with Gasteiger partial charge in [0.2, 0.25) is 0 Å². The van der Waals surface area contributed by atoms with E-state index in [2.05, 4.69) is 5.10 Å². The minimum Gasteiger partial charge on any atom is -0.465 e. The van der Waals surface area contributed by atoms with Gasteiger partial charge in [0.1, 0.15) is 12.3 Å². The number of aryl methyl sites for hydroxylation is 1. The minimum atomic E-state index is -2.62. The number of aliphatic hydroxyl groups is 1. The summed E-state index contributed by atoms with van der Waals surface area (Å²) in [6.45, 7) is -1.07. The lowest BCUT2D eigenvalue weighted by molar-refractivity contribution is -0.386. The van der Waals surface area contributed by atoms with Crippen LogP contribution in [-0.4, -0.2) is 31.5 Å². The van der Waals surface area contributed by atoms with E-state index in [1.54, 1.807) is 6.92 Å². The Kier molecular flexibility index (Phi) is 1.64. The third-order valence-electron chi connectivity index (χ3n) is 2.72. The summed E-state index contributed by atoms with van der Waals surface area (Å²) in [5.41, 5.74) is -1.60. The van der Waals surface area contributed by atoms with Crippen molar-refractivity contribution in [2.75, 3.05) is 0 Å². The van der Waals surface area contributed by atoms with Crippen LogP contribution in [0, 0.1) is 10.1 Å². The van der Waals surface area contributed by atoms with E-state index in [0.29, 0.717) is 17.5 Å². The van der Waals surface area contributed by atoms with Crippen LogP contribution in [0.3, 0.4) is 0 Å². The Hall–Kier alpha value is -1.63. The van der Waals surface area contributed by atoms with Gasteiger partial charge in [-0.15, -0.1) is 5.10 Å². The summed E-state index contributed by atoms with van der Waals surface area (Å²) in [6, 6.07) is 0. The number of nitro groups is 1. The van der Waals surface area contributed by atoms with Crippen molar-refractivity contribution in [2.24, 2.45) is 6.98 Å². The molecule has 2 rings (SSSR count). The molecule has 16 heavy (non-hydrogen) atoms. The fourth-order valence-electron chi connectivity index (χ4n) is 1.56. The zero-order valence-corrected chi connectivity index (χ0v) is 8.58. The first kappa shape index (κ1) is 7.61. The molecule has 7 heteroatoms. The first-order valence-corrected chi connectivity index (χ1v) is 4.75. The van der Waals surface area contributed by atoms with Gasteiger partial charge in [-0.3, -0.25) is 14.8 Å². The lowest BCUT2D eigenvalue weighted by Crippen LogP contribution is -2.52. The highest BCUT2D eigenvalue weighted by molar-refractivity contribution is 5.38. The largest absolute Gasteiger partial charge is 0.465 e. The summed E-state index contributed by atoms with van der Waals surface area (Å²) in [6.07, 6.45) is 1.23. The van der Waals surface area contributed by atoms with E-state index in [1.807, 2.05) is 0 Å². The molecule has 1 aromatic heterocycles. The number of rotatable bonds is 3. The molecule has 2 atom stereocenters. The number of hydrogen-bond donors (Lipinski definition) is 1. The monoisotopic (exact) mass is 230 g/mol. The van der Waals surface area contributed by atoms with Gasteiger partial charge in [-0.2, -0.15) is 0 Å². The quantitative estimate of drug-likeness (QED) is 0.607. The zero-order chi connectivity index (χ0) is 14.4. The Morgan fingerprint density at radius 2 is 2.69 bits per heavy atom. The highest BCUT2D eigenvalue weighted by Gasteiger charge is 2.44. The topological polar surface area (TPSA) is 90.4 Å². The molecule has 1 aromatic rings. The van der Waals surface area contributed by atoms with Gasteiger partial charge in [-0.05, 0) is 19.8 Å². The summed E-state index contributed by atoms with van der Waals surface area (Å²) in [7, 11) is 0. The molecule has 0 aliphatic heterocycles. The highest BCUT2D eigenvalue weighted by atomic mass is 16.6. The maximum atomic E-state index is 10.8. The van der Waals surface area contributed by atoms with Gasteiger partial charge in [0.25, 0.3) is 0 Å². The van der Waals surface area contributed by atoms with Crippen molar-refractivity contribution in [1.29, 1.82) is 0 Å². The standard InChI is InChI=1S/C9H13N3O4/c1-9(13)4-3-7(9)16-8-6(12(14)15)5-11(2)10-8/h5,7,13H,3-4H2,1-2H3/t7-,9-/m0/s1/i2D3. The van der Waals surface area contributed by atoms with Crippen molar-refractivity contribution in [3.05, 3.63) is 16.3 Å². The summed E-state index contributed by atoms with van der Waals surface area (Å²) >= 11 is 0. The van der Waals surface area contributed by atoms with Crippen molar-refractivity contribution < 1.29 is 18.9 Å². The van der Waals surface area contributed by atoms with Crippen LogP contribution < -0.4 is 4.74 Å². The molecule has 0 amide bonds. The highest BCUT2D eigenvalue weighted by Crippen LogP contribution is 2.37. The zero-order valence-electron chi connectivity index (χ0n) is 11.6. The van der Waals surface area contributed by atoms with Crippen LogP contribution in [0.25, 0.3) is 0 Å². The van der Waals surface area contributed by atoms with Gasteiger partial charge in [-0.1, -0.05) is 0 Å². The van der Waals surface area contributed by atoms with Crippen molar-refractivity contribution in [3.63, 3.8) is 0 Å². The van der Waals surface area contributed by atoms with E-state index in [1.165, 1.54) is 0 Å². The smallest absolute Gasteiger partial charge is 0.350 e. The van der Waals surface area contributed by atoms with E-state index >= 15 is 0 Å². The Bertz CT molecular complexity index is 511. The predicted octanol–water partition coefficient (Wildman–Crippen LogP) is 0.620.